The normalized spacial score (nSPS) is 10.7. The highest BCUT2D eigenvalue weighted by atomic mass is 79.9. The minimum atomic E-state index is -0.185. The predicted molar refractivity (Wildman–Crippen MR) is 85.4 cm³/mol. The Balaban J connectivity index is 1.97. The van der Waals surface area contributed by atoms with Crippen molar-refractivity contribution in [2.45, 2.75) is 0 Å². The van der Waals surface area contributed by atoms with Gasteiger partial charge < -0.3 is 10.3 Å². The van der Waals surface area contributed by atoms with Crippen molar-refractivity contribution < 1.29 is 4.79 Å². The smallest absolute Gasteiger partial charge is 0.256 e. The van der Waals surface area contributed by atoms with Crippen LogP contribution in [-0.2, 0) is 0 Å². The Morgan fingerprint density at radius 1 is 1.20 bits per heavy atom. The summed E-state index contributed by atoms with van der Waals surface area (Å²) in [5.74, 6) is -0.185. The lowest BCUT2D eigenvalue weighted by molar-refractivity contribution is 0.102. The lowest BCUT2D eigenvalue weighted by Gasteiger charge is -2.08. The average Bonchev–Trinajstić information content (AvgIpc) is 2.91. The summed E-state index contributed by atoms with van der Waals surface area (Å²) in [7, 11) is 0. The zero-order chi connectivity index (χ0) is 14.1. The molecule has 0 bridgehead atoms. The van der Waals surface area contributed by atoms with Gasteiger partial charge in [-0.25, -0.2) is 0 Å². The van der Waals surface area contributed by atoms with E-state index in [0.717, 1.165) is 15.4 Å². The molecule has 0 aliphatic carbocycles. The van der Waals surface area contributed by atoms with Gasteiger partial charge in [0, 0.05) is 27.1 Å². The van der Waals surface area contributed by atoms with Crippen molar-refractivity contribution in [3.05, 3.63) is 63.7 Å². The van der Waals surface area contributed by atoms with Crippen molar-refractivity contribution in [2.24, 2.45) is 0 Å². The number of aromatic amines is 1. The second kappa shape index (κ2) is 5.31. The van der Waals surface area contributed by atoms with Crippen molar-refractivity contribution in [1.29, 1.82) is 0 Å². The molecule has 0 spiro atoms. The number of benzene rings is 2. The van der Waals surface area contributed by atoms with Crippen molar-refractivity contribution in [3.63, 3.8) is 0 Å². The maximum Gasteiger partial charge on any atom is 0.256 e. The summed E-state index contributed by atoms with van der Waals surface area (Å²) in [5, 5.41) is 4.22. The van der Waals surface area contributed by atoms with Crippen molar-refractivity contribution in [1.82, 2.24) is 4.98 Å². The molecule has 5 heteroatoms. The van der Waals surface area contributed by atoms with Gasteiger partial charge in [0.15, 0.2) is 0 Å². The maximum absolute atomic E-state index is 12.4. The van der Waals surface area contributed by atoms with Gasteiger partial charge in [0.1, 0.15) is 0 Å². The first-order chi connectivity index (χ1) is 9.65. The van der Waals surface area contributed by atoms with Crippen molar-refractivity contribution >= 4 is 50.0 Å². The molecule has 0 atom stereocenters. The van der Waals surface area contributed by atoms with Crippen LogP contribution in [0, 0.1) is 0 Å². The zero-order valence-corrected chi connectivity index (χ0v) is 12.6. The van der Waals surface area contributed by atoms with Crippen LogP contribution in [0.3, 0.4) is 0 Å². The van der Waals surface area contributed by atoms with E-state index < -0.39 is 0 Å². The number of H-pyrrole nitrogens is 1. The van der Waals surface area contributed by atoms with E-state index in [9.17, 15) is 4.79 Å². The van der Waals surface area contributed by atoms with Crippen LogP contribution in [-0.4, -0.2) is 10.9 Å². The first-order valence-corrected chi connectivity index (χ1v) is 7.15. The van der Waals surface area contributed by atoms with Crippen molar-refractivity contribution in [3.8, 4) is 0 Å². The van der Waals surface area contributed by atoms with Crippen LogP contribution in [0.15, 0.2) is 53.1 Å². The Bertz CT molecular complexity index is 797. The number of carbonyl (C=O) groups excluding carboxylic acids is 1. The molecule has 1 aromatic heterocycles. The Kier molecular flexibility index (Phi) is 3.51. The molecule has 0 aliphatic heterocycles. The lowest BCUT2D eigenvalue weighted by atomic mass is 10.1. The number of rotatable bonds is 2. The third kappa shape index (κ3) is 2.44. The van der Waals surface area contributed by atoms with E-state index in [1.54, 1.807) is 18.2 Å². The predicted octanol–water partition coefficient (Wildman–Crippen LogP) is 4.84. The molecule has 0 unspecified atom stereocenters. The molecule has 2 N–H and O–H groups in total. The molecule has 2 aromatic carbocycles. The van der Waals surface area contributed by atoms with Gasteiger partial charge >= 0.3 is 0 Å². The summed E-state index contributed by atoms with van der Waals surface area (Å²) < 4.78 is 0.858. The van der Waals surface area contributed by atoms with Crippen LogP contribution in [0.2, 0.25) is 5.02 Å². The summed E-state index contributed by atoms with van der Waals surface area (Å²) in [6.07, 6.45) is 1.81. The average molecular weight is 350 g/mol. The van der Waals surface area contributed by atoms with E-state index in [-0.39, 0.29) is 5.91 Å². The standard InChI is InChI=1S/C15H10BrClN2O/c16-9-4-5-12(17)14(8-9)19-15(20)11-2-1-3-13-10(11)6-7-18-13/h1-8,18H,(H,19,20). The molecule has 0 fully saturated rings. The second-order valence-corrected chi connectivity index (χ2v) is 5.65. The number of halogens is 2. The van der Waals surface area contributed by atoms with Gasteiger partial charge in [-0.15, -0.1) is 0 Å². The summed E-state index contributed by atoms with van der Waals surface area (Å²) in [4.78, 5) is 15.5. The number of hydrogen-bond donors (Lipinski definition) is 2. The SMILES string of the molecule is O=C(Nc1cc(Br)ccc1Cl)c1cccc2[nH]ccc12. The topological polar surface area (TPSA) is 44.9 Å². The Morgan fingerprint density at radius 2 is 2.05 bits per heavy atom. The molecule has 0 aliphatic rings. The van der Waals surface area contributed by atoms with E-state index in [1.807, 2.05) is 30.5 Å². The van der Waals surface area contributed by atoms with E-state index in [4.69, 9.17) is 11.6 Å². The van der Waals surface area contributed by atoms with Gasteiger partial charge in [0.25, 0.3) is 5.91 Å². The van der Waals surface area contributed by atoms with E-state index in [0.29, 0.717) is 16.3 Å². The fourth-order valence-electron chi connectivity index (χ4n) is 2.07. The Hall–Kier alpha value is -1.78. The number of hydrogen-bond acceptors (Lipinski definition) is 1. The van der Waals surface area contributed by atoms with E-state index in [2.05, 4.69) is 26.2 Å². The summed E-state index contributed by atoms with van der Waals surface area (Å²) in [5.41, 5.74) is 2.12. The van der Waals surface area contributed by atoms with Crippen molar-refractivity contribution in [2.75, 3.05) is 5.32 Å². The molecule has 1 amide bonds. The monoisotopic (exact) mass is 348 g/mol. The molecule has 0 radical (unpaired) electrons. The molecular formula is C15H10BrClN2O. The van der Waals surface area contributed by atoms with Gasteiger partial charge in [0.2, 0.25) is 0 Å². The summed E-state index contributed by atoms with van der Waals surface area (Å²) in [6, 6.07) is 12.8. The van der Waals surface area contributed by atoms with Gasteiger partial charge in [-0.3, -0.25) is 4.79 Å². The fraction of sp³-hybridized carbons (Fsp3) is 0. The largest absolute Gasteiger partial charge is 0.361 e. The van der Waals surface area contributed by atoms with Gasteiger partial charge in [-0.2, -0.15) is 0 Å². The third-order valence-corrected chi connectivity index (χ3v) is 3.84. The number of aromatic nitrogens is 1. The highest BCUT2D eigenvalue weighted by Crippen LogP contribution is 2.27. The van der Waals surface area contributed by atoms with E-state index >= 15 is 0 Å². The second-order valence-electron chi connectivity index (χ2n) is 4.32. The van der Waals surface area contributed by atoms with E-state index in [1.165, 1.54) is 0 Å². The van der Waals surface area contributed by atoms with Gasteiger partial charge in [-0.1, -0.05) is 33.6 Å². The summed E-state index contributed by atoms with van der Waals surface area (Å²) >= 11 is 9.44. The quantitative estimate of drug-likeness (QED) is 0.683. The van der Waals surface area contributed by atoms with Crippen LogP contribution in [0.4, 0.5) is 5.69 Å². The molecular weight excluding hydrogens is 340 g/mol. The molecule has 0 saturated carbocycles. The molecule has 100 valence electrons. The van der Waals surface area contributed by atoms with Crippen LogP contribution in [0.1, 0.15) is 10.4 Å². The molecule has 1 heterocycles. The number of amides is 1. The minimum Gasteiger partial charge on any atom is -0.361 e. The number of anilines is 1. The number of fused-ring (bicyclic) bond motifs is 1. The first-order valence-electron chi connectivity index (χ1n) is 5.97. The highest BCUT2D eigenvalue weighted by molar-refractivity contribution is 9.10. The first kappa shape index (κ1) is 13.2. The lowest BCUT2D eigenvalue weighted by Crippen LogP contribution is -2.12. The number of carbonyl (C=O) groups is 1. The molecule has 3 rings (SSSR count). The number of nitrogens with one attached hydrogen (secondary N) is 2. The summed E-state index contributed by atoms with van der Waals surface area (Å²) in [6.45, 7) is 0. The van der Waals surface area contributed by atoms with Crippen LogP contribution in [0.25, 0.3) is 10.9 Å². The molecule has 3 aromatic rings. The van der Waals surface area contributed by atoms with Crippen LogP contribution in [0.5, 0.6) is 0 Å². The molecule has 3 nitrogen and oxygen atoms in total. The minimum absolute atomic E-state index is 0.185. The van der Waals surface area contributed by atoms with Crippen LogP contribution >= 0.6 is 27.5 Å². The van der Waals surface area contributed by atoms with Gasteiger partial charge in [-0.05, 0) is 36.4 Å². The Labute approximate surface area is 129 Å². The third-order valence-electron chi connectivity index (χ3n) is 3.02. The maximum atomic E-state index is 12.4. The zero-order valence-electron chi connectivity index (χ0n) is 10.3. The highest BCUT2D eigenvalue weighted by Gasteiger charge is 2.12. The fourth-order valence-corrected chi connectivity index (χ4v) is 2.59. The molecule has 20 heavy (non-hydrogen) atoms. The Morgan fingerprint density at radius 3 is 2.90 bits per heavy atom. The van der Waals surface area contributed by atoms with Crippen LogP contribution < -0.4 is 5.32 Å². The molecule has 0 saturated heterocycles. The van der Waals surface area contributed by atoms with Gasteiger partial charge in [0.05, 0.1) is 10.7 Å².